The zero-order valence-electron chi connectivity index (χ0n) is 11.5. The zero-order chi connectivity index (χ0) is 13.2. The predicted molar refractivity (Wildman–Crippen MR) is 75.0 cm³/mol. The Morgan fingerprint density at radius 2 is 2.22 bits per heavy atom. The van der Waals surface area contributed by atoms with Crippen molar-refractivity contribution < 1.29 is 4.79 Å². The van der Waals surface area contributed by atoms with Crippen LogP contribution in [0, 0.1) is 5.41 Å². The number of amides is 1. The summed E-state index contributed by atoms with van der Waals surface area (Å²) in [4.78, 5) is 12.1. The van der Waals surface area contributed by atoms with Crippen LogP contribution < -0.4 is 10.6 Å². The molecule has 2 N–H and O–H groups in total. The largest absolute Gasteiger partial charge is 0.384 e. The van der Waals surface area contributed by atoms with Gasteiger partial charge in [0.15, 0.2) is 0 Å². The first-order valence-corrected chi connectivity index (χ1v) is 6.67. The summed E-state index contributed by atoms with van der Waals surface area (Å²) < 4.78 is 0. The number of fused-ring (bicyclic) bond motifs is 1. The van der Waals surface area contributed by atoms with Gasteiger partial charge in [0.25, 0.3) is 5.91 Å². The molecule has 3 heteroatoms. The van der Waals surface area contributed by atoms with E-state index < -0.39 is 0 Å². The minimum absolute atomic E-state index is 0.0335. The fraction of sp³-hybridized carbons (Fsp3) is 0.533. The molecule has 0 saturated heterocycles. The summed E-state index contributed by atoms with van der Waals surface area (Å²) in [5.41, 5.74) is 3.34. The highest BCUT2D eigenvalue weighted by molar-refractivity contribution is 5.95. The molecule has 0 bridgehead atoms. The Bertz CT molecular complexity index is 452. The van der Waals surface area contributed by atoms with Crippen LogP contribution in [0.2, 0.25) is 0 Å². The Labute approximate surface area is 109 Å². The summed E-state index contributed by atoms with van der Waals surface area (Å²) >= 11 is 0. The first-order valence-electron chi connectivity index (χ1n) is 6.67. The molecule has 2 rings (SSSR count). The average molecular weight is 246 g/mol. The van der Waals surface area contributed by atoms with Crippen molar-refractivity contribution in [3.8, 4) is 0 Å². The minimum Gasteiger partial charge on any atom is -0.384 e. The van der Waals surface area contributed by atoms with Crippen molar-refractivity contribution >= 4 is 11.6 Å². The molecule has 18 heavy (non-hydrogen) atoms. The minimum atomic E-state index is 0.0335. The summed E-state index contributed by atoms with van der Waals surface area (Å²) in [6.45, 7) is 8.17. The van der Waals surface area contributed by atoms with Crippen LogP contribution in [0.1, 0.15) is 43.1 Å². The van der Waals surface area contributed by atoms with Gasteiger partial charge in [-0.25, -0.2) is 0 Å². The molecular weight excluding hydrogens is 224 g/mol. The summed E-state index contributed by atoms with van der Waals surface area (Å²) in [6, 6.07) is 5.90. The fourth-order valence-electron chi connectivity index (χ4n) is 1.99. The van der Waals surface area contributed by atoms with Crippen molar-refractivity contribution in [2.45, 2.75) is 33.6 Å². The molecule has 0 atom stereocenters. The zero-order valence-corrected chi connectivity index (χ0v) is 11.5. The first kappa shape index (κ1) is 12.9. The van der Waals surface area contributed by atoms with E-state index in [0.717, 1.165) is 31.5 Å². The van der Waals surface area contributed by atoms with Crippen LogP contribution in [0.15, 0.2) is 18.2 Å². The van der Waals surface area contributed by atoms with Crippen molar-refractivity contribution in [3.63, 3.8) is 0 Å². The van der Waals surface area contributed by atoms with Gasteiger partial charge in [-0.2, -0.15) is 0 Å². The molecule has 1 aromatic rings. The van der Waals surface area contributed by atoms with Gasteiger partial charge in [0.1, 0.15) is 0 Å². The number of carbonyl (C=O) groups is 1. The van der Waals surface area contributed by atoms with Crippen molar-refractivity contribution in [2.24, 2.45) is 5.41 Å². The van der Waals surface area contributed by atoms with Gasteiger partial charge < -0.3 is 10.6 Å². The third-order valence-electron chi connectivity index (χ3n) is 3.76. The molecule has 1 heterocycles. The molecule has 1 aliphatic heterocycles. The van der Waals surface area contributed by atoms with Crippen LogP contribution in [0.5, 0.6) is 0 Å². The summed E-state index contributed by atoms with van der Waals surface area (Å²) in [5.74, 6) is 0.0335. The van der Waals surface area contributed by atoms with Crippen LogP contribution >= 0.6 is 0 Å². The molecule has 0 aromatic heterocycles. The van der Waals surface area contributed by atoms with Gasteiger partial charge in [0, 0.05) is 24.3 Å². The van der Waals surface area contributed by atoms with E-state index in [9.17, 15) is 4.79 Å². The van der Waals surface area contributed by atoms with Crippen molar-refractivity contribution in [3.05, 3.63) is 29.3 Å². The molecular formula is C15H22N2O. The highest BCUT2D eigenvalue weighted by atomic mass is 16.1. The van der Waals surface area contributed by atoms with Crippen molar-refractivity contribution in [1.82, 2.24) is 5.32 Å². The van der Waals surface area contributed by atoms with Gasteiger partial charge in [-0.1, -0.05) is 20.8 Å². The maximum absolute atomic E-state index is 12.1. The summed E-state index contributed by atoms with van der Waals surface area (Å²) in [5, 5.41) is 6.32. The molecule has 0 aliphatic carbocycles. The highest BCUT2D eigenvalue weighted by Gasteiger charge is 2.18. The molecule has 0 unspecified atom stereocenters. The van der Waals surface area contributed by atoms with Gasteiger partial charge in [0.05, 0.1) is 0 Å². The Morgan fingerprint density at radius 3 is 2.94 bits per heavy atom. The first-order chi connectivity index (χ1) is 8.52. The molecule has 0 saturated carbocycles. The number of nitrogens with one attached hydrogen (secondary N) is 2. The number of hydrogen-bond acceptors (Lipinski definition) is 2. The van der Waals surface area contributed by atoms with E-state index in [-0.39, 0.29) is 11.3 Å². The number of carbonyl (C=O) groups excluding carboxylic acids is 1. The van der Waals surface area contributed by atoms with E-state index >= 15 is 0 Å². The van der Waals surface area contributed by atoms with Crippen LogP contribution in [-0.4, -0.2) is 19.0 Å². The van der Waals surface area contributed by atoms with Gasteiger partial charge in [-0.05, 0) is 42.0 Å². The second-order valence-electron chi connectivity index (χ2n) is 5.75. The Morgan fingerprint density at radius 1 is 1.44 bits per heavy atom. The smallest absolute Gasteiger partial charge is 0.251 e. The topological polar surface area (TPSA) is 41.1 Å². The Kier molecular flexibility index (Phi) is 3.60. The standard InChI is InChI=1S/C15H22N2O/c1-4-15(2,3)10-17-14(18)12-5-6-13-11(9-12)7-8-16-13/h5-6,9,16H,4,7-8,10H2,1-3H3,(H,17,18). The van der Waals surface area contributed by atoms with Crippen LogP contribution in [-0.2, 0) is 6.42 Å². The lowest BCUT2D eigenvalue weighted by molar-refractivity contribution is 0.0935. The second-order valence-corrected chi connectivity index (χ2v) is 5.75. The number of hydrogen-bond donors (Lipinski definition) is 2. The van der Waals surface area contributed by atoms with E-state index in [1.54, 1.807) is 0 Å². The Balaban J connectivity index is 2.01. The van der Waals surface area contributed by atoms with E-state index in [4.69, 9.17) is 0 Å². The third-order valence-corrected chi connectivity index (χ3v) is 3.76. The molecule has 3 nitrogen and oxygen atoms in total. The average Bonchev–Trinajstić information content (AvgIpc) is 2.83. The predicted octanol–water partition coefficient (Wildman–Crippen LogP) is 2.82. The van der Waals surface area contributed by atoms with Crippen LogP contribution in [0.4, 0.5) is 5.69 Å². The maximum Gasteiger partial charge on any atom is 0.251 e. The highest BCUT2D eigenvalue weighted by Crippen LogP contribution is 2.23. The third kappa shape index (κ3) is 2.84. The van der Waals surface area contributed by atoms with Gasteiger partial charge in [0.2, 0.25) is 0 Å². The van der Waals surface area contributed by atoms with Crippen molar-refractivity contribution in [2.75, 3.05) is 18.4 Å². The lowest BCUT2D eigenvalue weighted by Gasteiger charge is -2.22. The number of anilines is 1. The maximum atomic E-state index is 12.1. The Hall–Kier alpha value is -1.51. The monoisotopic (exact) mass is 246 g/mol. The van der Waals surface area contributed by atoms with Crippen LogP contribution in [0.3, 0.4) is 0 Å². The molecule has 1 aromatic carbocycles. The number of benzene rings is 1. The molecule has 0 spiro atoms. The van der Waals surface area contributed by atoms with E-state index in [1.807, 2.05) is 18.2 Å². The second kappa shape index (κ2) is 5.01. The van der Waals surface area contributed by atoms with Gasteiger partial charge >= 0.3 is 0 Å². The molecule has 98 valence electrons. The molecule has 1 aliphatic rings. The summed E-state index contributed by atoms with van der Waals surface area (Å²) in [7, 11) is 0. The normalized spacial score (nSPS) is 13.9. The SMILES string of the molecule is CCC(C)(C)CNC(=O)c1ccc2c(c1)CCN2. The summed E-state index contributed by atoms with van der Waals surface area (Å²) in [6.07, 6.45) is 2.07. The van der Waals surface area contributed by atoms with E-state index in [2.05, 4.69) is 31.4 Å². The molecule has 0 fully saturated rings. The molecule has 1 amide bonds. The van der Waals surface area contributed by atoms with Crippen LogP contribution in [0.25, 0.3) is 0 Å². The lowest BCUT2D eigenvalue weighted by atomic mass is 9.90. The van der Waals surface area contributed by atoms with Gasteiger partial charge in [-0.15, -0.1) is 0 Å². The fourth-order valence-corrected chi connectivity index (χ4v) is 1.99. The quantitative estimate of drug-likeness (QED) is 0.857. The number of rotatable bonds is 4. The van der Waals surface area contributed by atoms with Crippen molar-refractivity contribution in [1.29, 1.82) is 0 Å². The van der Waals surface area contributed by atoms with E-state index in [0.29, 0.717) is 0 Å². The molecule has 0 radical (unpaired) electrons. The lowest BCUT2D eigenvalue weighted by Crippen LogP contribution is -2.33. The van der Waals surface area contributed by atoms with E-state index in [1.165, 1.54) is 11.3 Å². The van der Waals surface area contributed by atoms with Gasteiger partial charge in [-0.3, -0.25) is 4.79 Å².